The van der Waals surface area contributed by atoms with Crippen molar-refractivity contribution in [3.8, 4) is 0 Å². The third-order valence-corrected chi connectivity index (χ3v) is 2.98. The van der Waals surface area contributed by atoms with Crippen LogP contribution >= 0.6 is 11.8 Å². The molecule has 0 fully saturated rings. The largest absolute Gasteiger partial charge is 0.481 e. The average Bonchev–Trinajstić information content (AvgIpc) is 2.25. The molecule has 15 heavy (non-hydrogen) atoms. The molecule has 0 bridgehead atoms. The summed E-state index contributed by atoms with van der Waals surface area (Å²) in [6, 6.07) is 7.89. The van der Waals surface area contributed by atoms with E-state index in [4.69, 9.17) is 10.8 Å². The number of carboxylic acid groups (broad SMARTS) is 1. The second-order valence-corrected chi connectivity index (χ2v) is 4.21. The van der Waals surface area contributed by atoms with Crippen molar-refractivity contribution in [2.75, 3.05) is 12.8 Å². The van der Waals surface area contributed by atoms with E-state index in [9.17, 15) is 4.79 Å². The van der Waals surface area contributed by atoms with E-state index >= 15 is 0 Å². The fraction of sp³-hybridized carbons (Fsp3) is 0.364. The van der Waals surface area contributed by atoms with Crippen LogP contribution in [0.15, 0.2) is 29.2 Å². The highest BCUT2D eigenvalue weighted by molar-refractivity contribution is 7.98. The van der Waals surface area contributed by atoms with Crippen molar-refractivity contribution in [1.29, 1.82) is 0 Å². The van der Waals surface area contributed by atoms with Gasteiger partial charge in [-0.15, -0.1) is 11.8 Å². The Labute approximate surface area is 93.7 Å². The summed E-state index contributed by atoms with van der Waals surface area (Å²) in [7, 11) is 0. The van der Waals surface area contributed by atoms with Gasteiger partial charge >= 0.3 is 5.97 Å². The molecule has 0 aliphatic heterocycles. The standard InChI is InChI=1S/C11H15NO2S/c1-15-10-4-2-3-8(6-10)5-9(7-12)11(13)14/h2-4,6,9H,5,7,12H2,1H3,(H,13,14)/t9-/m1/s1. The molecule has 1 atom stereocenters. The first-order chi connectivity index (χ1) is 7.17. The molecule has 0 unspecified atom stereocenters. The Bertz CT molecular complexity index is 341. The Kier molecular flexibility index (Phi) is 4.65. The first kappa shape index (κ1) is 12.1. The van der Waals surface area contributed by atoms with Crippen LogP contribution in [0.25, 0.3) is 0 Å². The summed E-state index contributed by atoms with van der Waals surface area (Å²) < 4.78 is 0. The Morgan fingerprint density at radius 3 is 2.87 bits per heavy atom. The fourth-order valence-electron chi connectivity index (χ4n) is 1.36. The number of hydrogen-bond donors (Lipinski definition) is 2. The maximum Gasteiger partial charge on any atom is 0.308 e. The molecule has 0 radical (unpaired) electrons. The van der Waals surface area contributed by atoms with Crippen LogP contribution in [0.1, 0.15) is 5.56 Å². The minimum atomic E-state index is -0.827. The fourth-order valence-corrected chi connectivity index (χ4v) is 1.84. The number of hydrogen-bond acceptors (Lipinski definition) is 3. The molecule has 0 heterocycles. The predicted octanol–water partition coefficient (Wildman–Crippen LogP) is 1.61. The van der Waals surface area contributed by atoms with Crippen molar-refractivity contribution >= 4 is 17.7 Å². The second-order valence-electron chi connectivity index (χ2n) is 3.33. The monoisotopic (exact) mass is 225 g/mol. The lowest BCUT2D eigenvalue weighted by molar-refractivity contribution is -0.141. The molecule has 3 nitrogen and oxygen atoms in total. The van der Waals surface area contributed by atoms with Gasteiger partial charge in [-0.25, -0.2) is 0 Å². The third kappa shape index (κ3) is 3.57. The van der Waals surface area contributed by atoms with Gasteiger partial charge in [-0.3, -0.25) is 4.79 Å². The van der Waals surface area contributed by atoms with E-state index in [2.05, 4.69) is 0 Å². The first-order valence-electron chi connectivity index (χ1n) is 4.73. The van der Waals surface area contributed by atoms with Gasteiger partial charge in [0.1, 0.15) is 0 Å². The number of benzene rings is 1. The third-order valence-electron chi connectivity index (χ3n) is 2.25. The topological polar surface area (TPSA) is 63.3 Å². The van der Waals surface area contributed by atoms with Gasteiger partial charge in [0.25, 0.3) is 0 Å². The SMILES string of the molecule is CSc1cccc(C[C@H](CN)C(=O)O)c1. The number of carbonyl (C=O) groups is 1. The maximum atomic E-state index is 10.8. The summed E-state index contributed by atoms with van der Waals surface area (Å²) in [5, 5.41) is 8.88. The number of aliphatic carboxylic acids is 1. The summed E-state index contributed by atoms with van der Waals surface area (Å²) in [5.74, 6) is -1.31. The molecule has 0 aliphatic rings. The van der Waals surface area contributed by atoms with Crippen LogP contribution in [0.3, 0.4) is 0 Å². The highest BCUT2D eigenvalue weighted by Gasteiger charge is 2.15. The van der Waals surface area contributed by atoms with Gasteiger partial charge in [0.2, 0.25) is 0 Å². The van der Waals surface area contributed by atoms with Gasteiger partial charge in [0.15, 0.2) is 0 Å². The van der Waals surface area contributed by atoms with Crippen molar-refractivity contribution < 1.29 is 9.90 Å². The first-order valence-corrected chi connectivity index (χ1v) is 5.95. The van der Waals surface area contributed by atoms with Crippen LogP contribution in [0.4, 0.5) is 0 Å². The molecule has 82 valence electrons. The van der Waals surface area contributed by atoms with Gasteiger partial charge in [0, 0.05) is 11.4 Å². The minimum absolute atomic E-state index is 0.179. The van der Waals surface area contributed by atoms with Crippen LogP contribution in [0, 0.1) is 5.92 Å². The summed E-state index contributed by atoms with van der Waals surface area (Å²) in [6.45, 7) is 0.179. The highest BCUT2D eigenvalue weighted by Crippen LogP contribution is 2.17. The molecule has 4 heteroatoms. The van der Waals surface area contributed by atoms with Crippen molar-refractivity contribution in [2.45, 2.75) is 11.3 Å². The summed E-state index contributed by atoms with van der Waals surface area (Å²) in [5.41, 5.74) is 6.43. The molecular formula is C11H15NO2S. The quantitative estimate of drug-likeness (QED) is 0.747. The lowest BCUT2D eigenvalue weighted by atomic mass is 10.00. The Balaban J connectivity index is 2.74. The van der Waals surface area contributed by atoms with Crippen LogP contribution in [0.5, 0.6) is 0 Å². The summed E-state index contributed by atoms with van der Waals surface area (Å²) >= 11 is 1.65. The molecular weight excluding hydrogens is 210 g/mol. The Morgan fingerprint density at radius 1 is 1.60 bits per heavy atom. The molecule has 0 aromatic heterocycles. The van der Waals surface area contributed by atoms with Crippen LogP contribution in [0.2, 0.25) is 0 Å². The number of thioether (sulfide) groups is 1. The molecule has 1 aromatic rings. The van der Waals surface area contributed by atoms with E-state index in [1.165, 1.54) is 0 Å². The minimum Gasteiger partial charge on any atom is -0.481 e. The maximum absolute atomic E-state index is 10.8. The molecule has 1 aromatic carbocycles. The van der Waals surface area contributed by atoms with Crippen molar-refractivity contribution in [3.05, 3.63) is 29.8 Å². The zero-order chi connectivity index (χ0) is 11.3. The van der Waals surface area contributed by atoms with Gasteiger partial charge in [-0.05, 0) is 30.4 Å². The Hall–Kier alpha value is -1.00. The average molecular weight is 225 g/mol. The molecule has 0 aliphatic carbocycles. The molecule has 3 N–H and O–H groups in total. The molecule has 1 rings (SSSR count). The normalized spacial score (nSPS) is 12.4. The number of carboxylic acids is 1. The van der Waals surface area contributed by atoms with Gasteiger partial charge in [-0.1, -0.05) is 12.1 Å². The lowest BCUT2D eigenvalue weighted by Crippen LogP contribution is -2.25. The zero-order valence-corrected chi connectivity index (χ0v) is 9.46. The number of rotatable bonds is 5. The Morgan fingerprint density at radius 2 is 2.33 bits per heavy atom. The van der Waals surface area contributed by atoms with Gasteiger partial charge in [0.05, 0.1) is 5.92 Å². The van der Waals surface area contributed by atoms with Crippen molar-refractivity contribution in [2.24, 2.45) is 11.7 Å². The van der Waals surface area contributed by atoms with E-state index in [0.717, 1.165) is 10.5 Å². The van der Waals surface area contributed by atoms with Crippen molar-refractivity contribution in [3.63, 3.8) is 0 Å². The summed E-state index contributed by atoms with van der Waals surface area (Å²) in [6.07, 6.45) is 2.50. The van der Waals surface area contributed by atoms with E-state index in [-0.39, 0.29) is 6.54 Å². The van der Waals surface area contributed by atoms with Crippen LogP contribution in [-0.2, 0) is 11.2 Å². The molecule has 0 amide bonds. The van der Waals surface area contributed by atoms with E-state index in [1.807, 2.05) is 30.5 Å². The van der Waals surface area contributed by atoms with Crippen LogP contribution < -0.4 is 5.73 Å². The second kappa shape index (κ2) is 5.78. The number of nitrogens with two attached hydrogens (primary N) is 1. The van der Waals surface area contributed by atoms with Gasteiger partial charge < -0.3 is 10.8 Å². The molecule has 0 saturated carbocycles. The van der Waals surface area contributed by atoms with E-state index < -0.39 is 11.9 Å². The predicted molar refractivity (Wildman–Crippen MR) is 62.1 cm³/mol. The zero-order valence-electron chi connectivity index (χ0n) is 8.64. The van der Waals surface area contributed by atoms with Gasteiger partial charge in [-0.2, -0.15) is 0 Å². The summed E-state index contributed by atoms with van der Waals surface area (Å²) in [4.78, 5) is 12.0. The highest BCUT2D eigenvalue weighted by atomic mass is 32.2. The van der Waals surface area contributed by atoms with E-state index in [0.29, 0.717) is 6.42 Å². The lowest BCUT2D eigenvalue weighted by Gasteiger charge is -2.10. The van der Waals surface area contributed by atoms with Crippen LogP contribution in [-0.4, -0.2) is 23.9 Å². The van der Waals surface area contributed by atoms with Crippen molar-refractivity contribution in [1.82, 2.24) is 0 Å². The smallest absolute Gasteiger partial charge is 0.308 e. The molecule has 0 spiro atoms. The molecule has 0 saturated heterocycles. The van der Waals surface area contributed by atoms with E-state index in [1.54, 1.807) is 11.8 Å².